The lowest BCUT2D eigenvalue weighted by atomic mass is 10.2. The third kappa shape index (κ3) is 1.12. The second kappa shape index (κ2) is 2.73. The van der Waals surface area contributed by atoms with Gasteiger partial charge in [0.15, 0.2) is 5.82 Å². The Bertz CT molecular complexity index is 235. The SMILES string of the molecule is CCc1ccnc(F)c1F. The summed E-state index contributed by atoms with van der Waals surface area (Å²) in [4.78, 5) is 3.15. The third-order valence-corrected chi connectivity index (χ3v) is 1.31. The van der Waals surface area contributed by atoms with Gasteiger partial charge in [0.05, 0.1) is 0 Å². The molecule has 10 heavy (non-hydrogen) atoms. The van der Waals surface area contributed by atoms with Crippen LogP contribution >= 0.6 is 0 Å². The molecule has 54 valence electrons. The zero-order chi connectivity index (χ0) is 7.56. The Morgan fingerprint density at radius 2 is 2.20 bits per heavy atom. The molecule has 0 saturated heterocycles. The van der Waals surface area contributed by atoms with E-state index in [1.165, 1.54) is 12.3 Å². The number of halogens is 2. The molecule has 1 rings (SSSR count). The Morgan fingerprint density at radius 1 is 1.50 bits per heavy atom. The van der Waals surface area contributed by atoms with E-state index in [1.54, 1.807) is 6.92 Å². The van der Waals surface area contributed by atoms with Crippen LogP contribution in [-0.4, -0.2) is 4.98 Å². The molecule has 0 spiro atoms. The maximum absolute atomic E-state index is 12.6. The van der Waals surface area contributed by atoms with Crippen LogP contribution < -0.4 is 0 Å². The van der Waals surface area contributed by atoms with Crippen molar-refractivity contribution in [1.82, 2.24) is 4.98 Å². The van der Waals surface area contributed by atoms with Gasteiger partial charge in [-0.3, -0.25) is 0 Å². The van der Waals surface area contributed by atoms with Crippen LogP contribution in [0.3, 0.4) is 0 Å². The summed E-state index contributed by atoms with van der Waals surface area (Å²) in [6.07, 6.45) is 1.75. The van der Waals surface area contributed by atoms with E-state index >= 15 is 0 Å². The summed E-state index contributed by atoms with van der Waals surface area (Å²) in [7, 11) is 0. The quantitative estimate of drug-likeness (QED) is 0.547. The molecule has 0 amide bonds. The number of aryl methyl sites for hydroxylation is 1. The minimum absolute atomic E-state index is 0.368. The lowest BCUT2D eigenvalue weighted by Gasteiger charge is -1.96. The summed E-state index contributed by atoms with van der Waals surface area (Å²) in [5.41, 5.74) is 0.368. The Labute approximate surface area is 57.7 Å². The van der Waals surface area contributed by atoms with Gasteiger partial charge in [-0.1, -0.05) is 6.92 Å². The maximum atomic E-state index is 12.6. The van der Waals surface area contributed by atoms with E-state index < -0.39 is 11.8 Å². The predicted octanol–water partition coefficient (Wildman–Crippen LogP) is 1.92. The first-order chi connectivity index (χ1) is 4.75. The second-order valence-corrected chi connectivity index (χ2v) is 1.93. The molecule has 0 aliphatic carbocycles. The van der Waals surface area contributed by atoms with E-state index in [0.29, 0.717) is 12.0 Å². The first-order valence-corrected chi connectivity index (χ1v) is 3.04. The number of rotatable bonds is 1. The molecule has 0 N–H and O–H groups in total. The van der Waals surface area contributed by atoms with E-state index in [0.717, 1.165) is 0 Å². The molecule has 0 radical (unpaired) electrons. The van der Waals surface area contributed by atoms with Crippen LogP contribution in [0.15, 0.2) is 12.3 Å². The predicted molar refractivity (Wildman–Crippen MR) is 33.5 cm³/mol. The van der Waals surface area contributed by atoms with Crippen LogP contribution in [0.1, 0.15) is 12.5 Å². The summed E-state index contributed by atoms with van der Waals surface area (Å²) in [6, 6.07) is 1.47. The Kier molecular flexibility index (Phi) is 1.94. The monoisotopic (exact) mass is 143 g/mol. The summed E-state index contributed by atoms with van der Waals surface area (Å²) in [5, 5.41) is 0. The molecule has 0 atom stereocenters. The molecule has 0 bridgehead atoms. The molecule has 1 nitrogen and oxygen atoms in total. The first kappa shape index (κ1) is 7.12. The number of hydrogen-bond donors (Lipinski definition) is 0. The van der Waals surface area contributed by atoms with Crippen LogP contribution in [0, 0.1) is 11.8 Å². The average Bonchev–Trinajstić information content (AvgIpc) is 1.95. The van der Waals surface area contributed by atoms with Gasteiger partial charge in [-0.2, -0.15) is 4.39 Å². The molecule has 0 aromatic carbocycles. The van der Waals surface area contributed by atoms with Gasteiger partial charge in [0.25, 0.3) is 0 Å². The van der Waals surface area contributed by atoms with Crippen LogP contribution in [0.25, 0.3) is 0 Å². The van der Waals surface area contributed by atoms with Gasteiger partial charge in [0.1, 0.15) is 0 Å². The highest BCUT2D eigenvalue weighted by Crippen LogP contribution is 2.08. The van der Waals surface area contributed by atoms with Gasteiger partial charge in [0.2, 0.25) is 5.95 Å². The highest BCUT2D eigenvalue weighted by molar-refractivity contribution is 5.12. The lowest BCUT2D eigenvalue weighted by molar-refractivity contribution is 0.471. The minimum atomic E-state index is -1.01. The molecule has 1 aromatic rings. The van der Waals surface area contributed by atoms with E-state index in [-0.39, 0.29) is 0 Å². The van der Waals surface area contributed by atoms with Gasteiger partial charge < -0.3 is 0 Å². The van der Waals surface area contributed by atoms with Gasteiger partial charge in [-0.25, -0.2) is 9.37 Å². The molecular weight excluding hydrogens is 136 g/mol. The highest BCUT2D eigenvalue weighted by Gasteiger charge is 2.05. The van der Waals surface area contributed by atoms with E-state index in [1.807, 2.05) is 0 Å². The molecule has 0 saturated carbocycles. The van der Waals surface area contributed by atoms with Crippen LogP contribution in [0.2, 0.25) is 0 Å². The summed E-state index contributed by atoms with van der Waals surface area (Å²) in [5.74, 6) is -1.84. The number of pyridine rings is 1. The first-order valence-electron chi connectivity index (χ1n) is 3.04. The molecule has 0 aliphatic rings. The van der Waals surface area contributed by atoms with Crippen molar-refractivity contribution in [2.24, 2.45) is 0 Å². The molecule has 3 heteroatoms. The van der Waals surface area contributed by atoms with Crippen LogP contribution in [0.5, 0.6) is 0 Å². The normalized spacial score (nSPS) is 9.90. The molecule has 0 aliphatic heterocycles. The third-order valence-electron chi connectivity index (χ3n) is 1.31. The van der Waals surface area contributed by atoms with Crippen molar-refractivity contribution in [2.75, 3.05) is 0 Å². The fourth-order valence-corrected chi connectivity index (χ4v) is 0.728. The largest absolute Gasteiger partial charge is 0.249 e. The molecular formula is C7H7F2N. The molecule has 1 heterocycles. The lowest BCUT2D eigenvalue weighted by Crippen LogP contribution is -1.94. The highest BCUT2D eigenvalue weighted by atomic mass is 19.2. The van der Waals surface area contributed by atoms with Crippen molar-refractivity contribution >= 4 is 0 Å². The van der Waals surface area contributed by atoms with Crippen molar-refractivity contribution < 1.29 is 8.78 Å². The van der Waals surface area contributed by atoms with Gasteiger partial charge >= 0.3 is 0 Å². The van der Waals surface area contributed by atoms with Gasteiger partial charge in [0, 0.05) is 6.20 Å². The average molecular weight is 143 g/mol. The van der Waals surface area contributed by atoms with Crippen molar-refractivity contribution in [3.63, 3.8) is 0 Å². The minimum Gasteiger partial charge on any atom is -0.226 e. The number of hydrogen-bond acceptors (Lipinski definition) is 1. The van der Waals surface area contributed by atoms with Gasteiger partial charge in [-0.15, -0.1) is 0 Å². The Hall–Kier alpha value is -0.990. The van der Waals surface area contributed by atoms with Crippen molar-refractivity contribution in [3.8, 4) is 0 Å². The number of aromatic nitrogens is 1. The van der Waals surface area contributed by atoms with Crippen molar-refractivity contribution in [3.05, 3.63) is 29.6 Å². The molecule has 1 aromatic heterocycles. The van der Waals surface area contributed by atoms with E-state index in [4.69, 9.17) is 0 Å². The van der Waals surface area contributed by atoms with E-state index in [9.17, 15) is 8.78 Å². The molecule has 0 fully saturated rings. The second-order valence-electron chi connectivity index (χ2n) is 1.93. The smallest absolute Gasteiger partial charge is 0.226 e. The van der Waals surface area contributed by atoms with Crippen molar-refractivity contribution in [2.45, 2.75) is 13.3 Å². The summed E-state index contributed by atoms with van der Waals surface area (Å²) in [6.45, 7) is 1.76. The summed E-state index contributed by atoms with van der Waals surface area (Å²) >= 11 is 0. The Morgan fingerprint density at radius 3 is 2.70 bits per heavy atom. The van der Waals surface area contributed by atoms with E-state index in [2.05, 4.69) is 4.98 Å². The standard InChI is InChI=1S/C7H7F2N/c1-2-5-3-4-10-7(9)6(5)8/h3-4H,2H2,1H3. The topological polar surface area (TPSA) is 12.9 Å². The number of nitrogens with zero attached hydrogens (tertiary/aromatic N) is 1. The molecule has 0 unspecified atom stereocenters. The fourth-order valence-electron chi connectivity index (χ4n) is 0.728. The zero-order valence-electron chi connectivity index (χ0n) is 5.56. The maximum Gasteiger partial charge on any atom is 0.249 e. The zero-order valence-corrected chi connectivity index (χ0v) is 5.56. The summed E-state index contributed by atoms with van der Waals surface area (Å²) < 4.78 is 24.8. The van der Waals surface area contributed by atoms with Crippen LogP contribution in [-0.2, 0) is 6.42 Å². The van der Waals surface area contributed by atoms with Crippen molar-refractivity contribution in [1.29, 1.82) is 0 Å². The van der Waals surface area contributed by atoms with Gasteiger partial charge in [-0.05, 0) is 18.1 Å². The van der Waals surface area contributed by atoms with Crippen LogP contribution in [0.4, 0.5) is 8.78 Å². The Balaban J connectivity index is 3.14. The fraction of sp³-hybridized carbons (Fsp3) is 0.286.